The first-order chi connectivity index (χ1) is 16.6. The van der Waals surface area contributed by atoms with Gasteiger partial charge in [0.1, 0.15) is 11.5 Å². The quantitative estimate of drug-likeness (QED) is 0.452. The van der Waals surface area contributed by atoms with Crippen molar-refractivity contribution < 1.29 is 23.1 Å². The molecule has 0 radical (unpaired) electrons. The van der Waals surface area contributed by atoms with E-state index in [1.165, 1.54) is 11.1 Å². The van der Waals surface area contributed by atoms with Crippen LogP contribution in [0.1, 0.15) is 22.6 Å². The van der Waals surface area contributed by atoms with Crippen molar-refractivity contribution in [3.63, 3.8) is 0 Å². The van der Waals surface area contributed by atoms with E-state index in [9.17, 15) is 4.79 Å². The molecule has 0 atom stereocenters. The average Bonchev–Trinajstić information content (AvgIpc) is 3.55. The fourth-order valence-corrected chi connectivity index (χ4v) is 4.29. The smallest absolute Gasteiger partial charge is 0.236 e. The Bertz CT molecular complexity index is 1000. The van der Waals surface area contributed by atoms with Crippen LogP contribution >= 0.6 is 0 Å². The number of benzene rings is 1. The number of methoxy groups -OCH3 is 2. The van der Waals surface area contributed by atoms with Gasteiger partial charge >= 0.3 is 0 Å². The van der Waals surface area contributed by atoms with Crippen molar-refractivity contribution in [2.75, 3.05) is 46.9 Å². The number of piperazine rings is 1. The molecule has 8 nitrogen and oxygen atoms in total. The third kappa shape index (κ3) is 6.01. The largest absolute Gasteiger partial charge is 0.493 e. The maximum absolute atomic E-state index is 13.1. The second-order valence-corrected chi connectivity index (χ2v) is 8.59. The van der Waals surface area contributed by atoms with Gasteiger partial charge in [-0.3, -0.25) is 14.6 Å². The maximum Gasteiger partial charge on any atom is 0.236 e. The molecule has 2 aromatic heterocycles. The first kappa shape index (κ1) is 23.9. The molecule has 1 aromatic carbocycles. The van der Waals surface area contributed by atoms with Gasteiger partial charge in [0.25, 0.3) is 0 Å². The summed E-state index contributed by atoms with van der Waals surface area (Å²) in [5.41, 5.74) is 2.38. The standard InChI is InChI=1S/C26H33N3O5/c1-20-14-24(31-2)25(32-3)15-21(20)16-27-8-10-29(11-9-27)26(30)19-28(17-22-6-4-12-33-22)18-23-7-5-13-34-23/h4-7,12-15H,8-11,16-19H2,1-3H3. The highest BCUT2D eigenvalue weighted by molar-refractivity contribution is 5.78. The van der Waals surface area contributed by atoms with Gasteiger partial charge in [-0.05, 0) is 54.4 Å². The summed E-state index contributed by atoms with van der Waals surface area (Å²) in [6.45, 7) is 7.40. The Morgan fingerprint density at radius 1 is 0.941 bits per heavy atom. The molecular formula is C26H33N3O5. The van der Waals surface area contributed by atoms with Crippen LogP contribution in [0.3, 0.4) is 0 Å². The molecule has 1 fully saturated rings. The summed E-state index contributed by atoms with van der Waals surface area (Å²) in [6, 6.07) is 11.6. The van der Waals surface area contributed by atoms with Crippen molar-refractivity contribution >= 4 is 5.91 Å². The topological polar surface area (TPSA) is 71.5 Å². The molecule has 1 aliphatic rings. The molecule has 182 valence electrons. The van der Waals surface area contributed by atoms with Crippen molar-refractivity contribution in [3.8, 4) is 11.5 Å². The van der Waals surface area contributed by atoms with Crippen LogP contribution in [-0.4, -0.2) is 67.6 Å². The highest BCUT2D eigenvalue weighted by atomic mass is 16.5. The molecule has 0 N–H and O–H groups in total. The minimum Gasteiger partial charge on any atom is -0.493 e. The van der Waals surface area contributed by atoms with Crippen LogP contribution in [0.2, 0.25) is 0 Å². The molecule has 0 spiro atoms. The Hall–Kier alpha value is -3.23. The zero-order chi connectivity index (χ0) is 23.9. The zero-order valence-electron chi connectivity index (χ0n) is 20.2. The SMILES string of the molecule is COc1cc(C)c(CN2CCN(C(=O)CN(Cc3ccco3)Cc3ccco3)CC2)cc1OC. The van der Waals surface area contributed by atoms with E-state index in [-0.39, 0.29) is 5.91 Å². The lowest BCUT2D eigenvalue weighted by Crippen LogP contribution is -2.50. The van der Waals surface area contributed by atoms with Gasteiger partial charge in [-0.1, -0.05) is 0 Å². The minimum absolute atomic E-state index is 0.125. The summed E-state index contributed by atoms with van der Waals surface area (Å²) in [5.74, 6) is 3.27. The third-order valence-corrected chi connectivity index (χ3v) is 6.24. The number of rotatable bonds is 10. The normalized spacial score (nSPS) is 14.5. The van der Waals surface area contributed by atoms with E-state index in [1.54, 1.807) is 26.7 Å². The molecule has 1 amide bonds. The Kier molecular flexibility index (Phi) is 7.92. The van der Waals surface area contributed by atoms with E-state index in [0.717, 1.165) is 42.7 Å². The van der Waals surface area contributed by atoms with Crippen LogP contribution in [0, 0.1) is 6.92 Å². The van der Waals surface area contributed by atoms with E-state index in [4.69, 9.17) is 18.3 Å². The maximum atomic E-state index is 13.1. The van der Waals surface area contributed by atoms with Crippen LogP contribution in [0.15, 0.2) is 57.8 Å². The van der Waals surface area contributed by atoms with Crippen LogP contribution in [0.5, 0.6) is 11.5 Å². The molecule has 4 rings (SSSR count). The Morgan fingerprint density at radius 2 is 1.53 bits per heavy atom. The summed E-state index contributed by atoms with van der Waals surface area (Å²) in [6.07, 6.45) is 3.31. The van der Waals surface area contributed by atoms with Crippen molar-refractivity contribution in [2.24, 2.45) is 0 Å². The van der Waals surface area contributed by atoms with Crippen molar-refractivity contribution in [2.45, 2.75) is 26.6 Å². The first-order valence-corrected chi connectivity index (χ1v) is 11.5. The van der Waals surface area contributed by atoms with E-state index >= 15 is 0 Å². The molecule has 0 unspecified atom stereocenters. The number of nitrogens with zero attached hydrogens (tertiary/aromatic N) is 3. The van der Waals surface area contributed by atoms with Gasteiger partial charge in [-0.25, -0.2) is 0 Å². The predicted molar refractivity (Wildman–Crippen MR) is 128 cm³/mol. The van der Waals surface area contributed by atoms with E-state index in [2.05, 4.69) is 16.7 Å². The molecule has 0 aliphatic carbocycles. The molecule has 1 aliphatic heterocycles. The number of carbonyl (C=O) groups excluding carboxylic acids is 1. The van der Waals surface area contributed by atoms with Crippen molar-refractivity contribution in [3.05, 3.63) is 71.6 Å². The van der Waals surface area contributed by atoms with Gasteiger partial charge in [-0.15, -0.1) is 0 Å². The van der Waals surface area contributed by atoms with Gasteiger partial charge in [0, 0.05) is 32.7 Å². The highest BCUT2D eigenvalue weighted by Crippen LogP contribution is 2.31. The summed E-state index contributed by atoms with van der Waals surface area (Å²) < 4.78 is 21.9. The summed E-state index contributed by atoms with van der Waals surface area (Å²) in [4.78, 5) is 19.5. The molecule has 0 saturated carbocycles. The molecule has 1 saturated heterocycles. The van der Waals surface area contributed by atoms with E-state index < -0.39 is 0 Å². The fraction of sp³-hybridized carbons (Fsp3) is 0.423. The first-order valence-electron chi connectivity index (χ1n) is 11.5. The second-order valence-electron chi connectivity index (χ2n) is 8.59. The summed E-state index contributed by atoms with van der Waals surface area (Å²) in [5, 5.41) is 0. The molecule has 34 heavy (non-hydrogen) atoms. The lowest BCUT2D eigenvalue weighted by Gasteiger charge is -2.36. The number of amides is 1. The predicted octanol–water partition coefficient (Wildman–Crippen LogP) is 3.54. The number of ether oxygens (including phenoxy) is 2. The number of hydrogen-bond acceptors (Lipinski definition) is 7. The van der Waals surface area contributed by atoms with Gasteiger partial charge < -0.3 is 23.2 Å². The van der Waals surface area contributed by atoms with E-state index in [1.807, 2.05) is 41.3 Å². The van der Waals surface area contributed by atoms with Crippen LogP contribution in [0.4, 0.5) is 0 Å². The van der Waals surface area contributed by atoms with Gasteiger partial charge in [0.15, 0.2) is 11.5 Å². The number of furan rings is 2. The van der Waals surface area contributed by atoms with Gasteiger partial charge in [0.2, 0.25) is 5.91 Å². The lowest BCUT2D eigenvalue weighted by atomic mass is 10.1. The summed E-state index contributed by atoms with van der Waals surface area (Å²) >= 11 is 0. The number of carbonyl (C=O) groups is 1. The van der Waals surface area contributed by atoms with Gasteiger partial charge in [0.05, 0.1) is 46.4 Å². The highest BCUT2D eigenvalue weighted by Gasteiger charge is 2.24. The van der Waals surface area contributed by atoms with Crippen molar-refractivity contribution in [1.29, 1.82) is 0 Å². The zero-order valence-corrected chi connectivity index (χ0v) is 20.2. The van der Waals surface area contributed by atoms with Crippen molar-refractivity contribution in [1.82, 2.24) is 14.7 Å². The monoisotopic (exact) mass is 467 g/mol. The minimum atomic E-state index is 0.125. The average molecular weight is 468 g/mol. The van der Waals surface area contributed by atoms with E-state index in [0.29, 0.717) is 32.7 Å². The van der Waals surface area contributed by atoms with Crippen LogP contribution in [-0.2, 0) is 24.4 Å². The van der Waals surface area contributed by atoms with Crippen LogP contribution in [0.25, 0.3) is 0 Å². The lowest BCUT2D eigenvalue weighted by molar-refractivity contribution is -0.134. The Morgan fingerprint density at radius 3 is 2.06 bits per heavy atom. The molecule has 0 bridgehead atoms. The Balaban J connectivity index is 1.32. The second kappa shape index (κ2) is 11.3. The Labute approximate surface area is 200 Å². The number of aryl methyl sites for hydroxylation is 1. The molecule has 3 aromatic rings. The third-order valence-electron chi connectivity index (χ3n) is 6.24. The fourth-order valence-electron chi connectivity index (χ4n) is 4.29. The molecular weight excluding hydrogens is 434 g/mol. The number of hydrogen-bond donors (Lipinski definition) is 0. The van der Waals surface area contributed by atoms with Crippen LogP contribution < -0.4 is 9.47 Å². The summed E-state index contributed by atoms with van der Waals surface area (Å²) in [7, 11) is 3.31. The van der Waals surface area contributed by atoms with Gasteiger partial charge in [-0.2, -0.15) is 0 Å². The molecule has 3 heterocycles. The molecule has 8 heteroatoms.